The predicted octanol–water partition coefficient (Wildman–Crippen LogP) is 3.51. The van der Waals surface area contributed by atoms with Gasteiger partial charge in [0, 0.05) is 16.8 Å². The number of benzene rings is 2. The Morgan fingerprint density at radius 2 is 1.58 bits per heavy atom. The quantitative estimate of drug-likeness (QED) is 0.627. The van der Waals surface area contributed by atoms with Gasteiger partial charge in [-0.3, -0.25) is 4.79 Å². The Bertz CT molecular complexity index is 1200. The Hall–Kier alpha value is -1.94. The molecule has 0 atom stereocenters. The zero-order valence-corrected chi connectivity index (χ0v) is 19.1. The van der Waals surface area contributed by atoms with Gasteiger partial charge in [-0.05, 0) is 68.1 Å². The van der Waals surface area contributed by atoms with Gasteiger partial charge in [0.15, 0.2) is 14.6 Å². The number of carbonyl (C=O) groups is 1. The molecule has 0 bridgehead atoms. The Morgan fingerprint density at radius 1 is 0.935 bits per heavy atom. The van der Waals surface area contributed by atoms with Crippen LogP contribution in [0.2, 0.25) is 5.02 Å². The van der Waals surface area contributed by atoms with Crippen LogP contribution in [0.4, 0.5) is 5.69 Å². The molecule has 4 rings (SSSR count). The van der Waals surface area contributed by atoms with E-state index in [4.69, 9.17) is 11.6 Å². The molecule has 2 fully saturated rings. The minimum Gasteiger partial charge on any atom is -0.325 e. The fourth-order valence-corrected chi connectivity index (χ4v) is 7.42. The summed E-state index contributed by atoms with van der Waals surface area (Å²) < 4.78 is 52.8. The molecule has 2 aromatic rings. The number of amides is 1. The summed E-state index contributed by atoms with van der Waals surface area (Å²) in [7, 11) is -7.68. The molecule has 0 aliphatic heterocycles. The molecule has 0 saturated heterocycles. The minimum atomic E-state index is -3.98. The van der Waals surface area contributed by atoms with E-state index < -0.39 is 30.5 Å². The second kappa shape index (κ2) is 8.20. The van der Waals surface area contributed by atoms with E-state index in [1.165, 1.54) is 42.5 Å². The molecule has 0 unspecified atom stereocenters. The Morgan fingerprint density at radius 3 is 2.19 bits per heavy atom. The van der Waals surface area contributed by atoms with Crippen LogP contribution in [0.5, 0.6) is 0 Å². The van der Waals surface area contributed by atoms with E-state index in [1.807, 2.05) is 0 Å². The molecular weight excluding hydrogens is 460 g/mol. The van der Waals surface area contributed by atoms with E-state index in [0.717, 1.165) is 12.8 Å². The largest absolute Gasteiger partial charge is 0.325 e. The summed E-state index contributed by atoms with van der Waals surface area (Å²) in [4.78, 5) is 13.4. The molecule has 2 N–H and O–H groups in total. The maximum absolute atomic E-state index is 13.4. The van der Waals surface area contributed by atoms with Gasteiger partial charge in [0.2, 0.25) is 15.9 Å². The van der Waals surface area contributed by atoms with Crippen molar-refractivity contribution in [1.29, 1.82) is 0 Å². The van der Waals surface area contributed by atoms with E-state index in [9.17, 15) is 21.6 Å². The first-order valence-corrected chi connectivity index (χ1v) is 13.4. The van der Waals surface area contributed by atoms with Gasteiger partial charge in [-0.15, -0.1) is 0 Å². The average molecular weight is 483 g/mol. The summed E-state index contributed by atoms with van der Waals surface area (Å²) in [6, 6.07) is 11.6. The van der Waals surface area contributed by atoms with Crippen LogP contribution >= 0.6 is 11.6 Å². The van der Waals surface area contributed by atoms with Crippen molar-refractivity contribution >= 4 is 43.1 Å². The molecule has 2 aromatic carbocycles. The first kappa shape index (κ1) is 22.3. The van der Waals surface area contributed by atoms with Crippen molar-refractivity contribution in [2.75, 3.05) is 5.32 Å². The molecule has 2 aliphatic rings. The number of nitrogens with one attached hydrogen (secondary N) is 2. The zero-order chi connectivity index (χ0) is 22.3. The van der Waals surface area contributed by atoms with Gasteiger partial charge in [-0.2, -0.15) is 0 Å². The highest BCUT2D eigenvalue weighted by Gasteiger charge is 2.53. The van der Waals surface area contributed by atoms with Gasteiger partial charge in [0.25, 0.3) is 0 Å². The van der Waals surface area contributed by atoms with Crippen molar-refractivity contribution in [3.05, 3.63) is 53.6 Å². The molecule has 2 saturated carbocycles. The van der Waals surface area contributed by atoms with E-state index >= 15 is 0 Å². The molecule has 2 aliphatic carbocycles. The number of rotatable bonds is 7. The van der Waals surface area contributed by atoms with Crippen molar-refractivity contribution in [3.63, 3.8) is 0 Å². The molecule has 0 radical (unpaired) electrons. The Balaban J connectivity index is 1.63. The number of carbonyl (C=O) groups excluding carboxylic acids is 1. The number of sulfone groups is 1. The van der Waals surface area contributed by atoms with Gasteiger partial charge >= 0.3 is 0 Å². The van der Waals surface area contributed by atoms with Crippen LogP contribution in [-0.2, 0) is 24.7 Å². The summed E-state index contributed by atoms with van der Waals surface area (Å²) in [5, 5.41) is 3.06. The standard InChI is InChI=1S/C21H23ClN2O5S2/c22-15-6-10-18(11-7-15)30(26,27)21(12-1-2-13-21)20(25)23-17-4-3-5-19(14-17)31(28,29)24-16-8-9-16/h3-7,10-11,14,16,24H,1-2,8-9,12-13H2,(H,23,25). The van der Waals surface area contributed by atoms with Crippen LogP contribution in [0, 0.1) is 0 Å². The van der Waals surface area contributed by atoms with Gasteiger partial charge in [-0.1, -0.05) is 30.5 Å². The zero-order valence-electron chi connectivity index (χ0n) is 16.7. The van der Waals surface area contributed by atoms with E-state index in [0.29, 0.717) is 17.9 Å². The lowest BCUT2D eigenvalue weighted by molar-refractivity contribution is -0.118. The van der Waals surface area contributed by atoms with Crippen LogP contribution in [0.1, 0.15) is 38.5 Å². The number of anilines is 1. The predicted molar refractivity (Wildman–Crippen MR) is 118 cm³/mol. The van der Waals surface area contributed by atoms with Crippen molar-refractivity contribution in [3.8, 4) is 0 Å². The summed E-state index contributed by atoms with van der Waals surface area (Å²) >= 11 is 5.88. The van der Waals surface area contributed by atoms with Gasteiger partial charge in [0.05, 0.1) is 9.79 Å². The SMILES string of the molecule is O=C(Nc1cccc(S(=O)(=O)NC2CC2)c1)C1(S(=O)(=O)c2ccc(Cl)cc2)CCCC1. The summed E-state index contributed by atoms with van der Waals surface area (Å²) in [6.45, 7) is 0. The molecule has 0 aromatic heterocycles. The molecular formula is C21H23ClN2O5S2. The number of hydrogen-bond acceptors (Lipinski definition) is 5. The van der Waals surface area contributed by atoms with Crippen molar-refractivity contribution in [2.24, 2.45) is 0 Å². The minimum absolute atomic E-state index is 0.0261. The van der Waals surface area contributed by atoms with E-state index in [1.54, 1.807) is 6.07 Å². The highest BCUT2D eigenvalue weighted by molar-refractivity contribution is 7.93. The third-order valence-corrected chi connectivity index (χ3v) is 10.1. The van der Waals surface area contributed by atoms with Gasteiger partial charge in [0.1, 0.15) is 0 Å². The van der Waals surface area contributed by atoms with Gasteiger partial charge < -0.3 is 5.32 Å². The topological polar surface area (TPSA) is 109 Å². The third kappa shape index (κ3) is 4.37. The van der Waals surface area contributed by atoms with Crippen molar-refractivity contribution in [1.82, 2.24) is 4.72 Å². The molecule has 31 heavy (non-hydrogen) atoms. The van der Waals surface area contributed by atoms with Gasteiger partial charge in [-0.25, -0.2) is 21.6 Å². The van der Waals surface area contributed by atoms with Crippen LogP contribution in [-0.4, -0.2) is 33.5 Å². The first-order valence-electron chi connectivity index (χ1n) is 10.1. The monoisotopic (exact) mass is 482 g/mol. The fraction of sp³-hybridized carbons (Fsp3) is 0.381. The van der Waals surface area contributed by atoms with E-state index in [2.05, 4.69) is 10.0 Å². The lowest BCUT2D eigenvalue weighted by Gasteiger charge is -2.27. The maximum Gasteiger partial charge on any atom is 0.246 e. The lowest BCUT2D eigenvalue weighted by atomic mass is 10.1. The van der Waals surface area contributed by atoms with Crippen LogP contribution in [0.3, 0.4) is 0 Å². The van der Waals surface area contributed by atoms with Crippen LogP contribution < -0.4 is 10.0 Å². The maximum atomic E-state index is 13.4. The second-order valence-corrected chi connectivity index (χ2v) is 12.4. The molecule has 0 heterocycles. The molecule has 1 amide bonds. The van der Waals surface area contributed by atoms with Crippen molar-refractivity contribution < 1.29 is 21.6 Å². The Labute approximate surface area is 187 Å². The average Bonchev–Trinajstić information content (AvgIpc) is 3.37. The molecule has 7 nitrogen and oxygen atoms in total. The fourth-order valence-electron chi connectivity index (χ4n) is 3.88. The Kier molecular flexibility index (Phi) is 5.89. The molecule has 10 heteroatoms. The lowest BCUT2D eigenvalue weighted by Crippen LogP contribution is -2.47. The highest BCUT2D eigenvalue weighted by atomic mass is 35.5. The molecule has 166 valence electrons. The molecule has 0 spiro atoms. The number of halogens is 1. The van der Waals surface area contributed by atoms with Crippen LogP contribution in [0.25, 0.3) is 0 Å². The normalized spacial score (nSPS) is 18.6. The number of hydrogen-bond donors (Lipinski definition) is 2. The first-order chi connectivity index (χ1) is 14.6. The third-order valence-electron chi connectivity index (χ3n) is 5.76. The van der Waals surface area contributed by atoms with E-state index in [-0.39, 0.29) is 34.4 Å². The number of sulfonamides is 1. The van der Waals surface area contributed by atoms with Crippen LogP contribution in [0.15, 0.2) is 58.3 Å². The smallest absolute Gasteiger partial charge is 0.246 e. The highest BCUT2D eigenvalue weighted by Crippen LogP contribution is 2.41. The second-order valence-electron chi connectivity index (χ2n) is 8.04. The van der Waals surface area contributed by atoms with Crippen molar-refractivity contribution in [2.45, 2.75) is 59.1 Å². The summed E-state index contributed by atoms with van der Waals surface area (Å²) in [5.41, 5.74) is 0.237. The summed E-state index contributed by atoms with van der Waals surface area (Å²) in [5.74, 6) is -0.648. The summed E-state index contributed by atoms with van der Waals surface area (Å²) in [6.07, 6.45) is 3.23.